The molecule has 0 saturated carbocycles. The van der Waals surface area contributed by atoms with Crippen LogP contribution in [0, 0.1) is 5.82 Å². The second-order valence-electron chi connectivity index (χ2n) is 5.04. The van der Waals surface area contributed by atoms with E-state index in [2.05, 4.69) is 10.2 Å². The van der Waals surface area contributed by atoms with Gasteiger partial charge in [0, 0.05) is 31.1 Å². The second kappa shape index (κ2) is 7.62. The van der Waals surface area contributed by atoms with Crippen LogP contribution in [0.15, 0.2) is 30.3 Å². The summed E-state index contributed by atoms with van der Waals surface area (Å²) in [5.74, 6) is -0.905. The zero-order chi connectivity index (χ0) is 14.8. The molecule has 3 rings (SSSR count). The summed E-state index contributed by atoms with van der Waals surface area (Å²) < 4.78 is 14.5. The SMILES string of the molecule is Cl.Oc1ccc([C@H](c2ccc(Cl)s2)N2CCNCC2)cc1F. The van der Waals surface area contributed by atoms with Crippen molar-refractivity contribution in [2.24, 2.45) is 0 Å². The van der Waals surface area contributed by atoms with E-state index in [9.17, 15) is 9.50 Å². The van der Waals surface area contributed by atoms with Gasteiger partial charge in [-0.3, -0.25) is 4.90 Å². The second-order valence-corrected chi connectivity index (χ2v) is 6.79. The zero-order valence-electron chi connectivity index (χ0n) is 11.8. The molecule has 120 valence electrons. The van der Waals surface area contributed by atoms with Gasteiger partial charge >= 0.3 is 0 Å². The number of phenols is 1. The minimum atomic E-state index is -0.588. The number of benzene rings is 1. The van der Waals surface area contributed by atoms with E-state index in [1.165, 1.54) is 23.5 Å². The largest absolute Gasteiger partial charge is 0.505 e. The number of nitrogens with one attached hydrogen (secondary N) is 1. The van der Waals surface area contributed by atoms with Crippen LogP contribution in [0.5, 0.6) is 5.75 Å². The smallest absolute Gasteiger partial charge is 0.165 e. The van der Waals surface area contributed by atoms with Crippen molar-refractivity contribution in [2.75, 3.05) is 26.2 Å². The molecule has 2 aromatic rings. The van der Waals surface area contributed by atoms with Crippen molar-refractivity contribution in [1.29, 1.82) is 0 Å². The van der Waals surface area contributed by atoms with Crippen molar-refractivity contribution >= 4 is 35.3 Å². The highest BCUT2D eigenvalue weighted by Gasteiger charge is 2.26. The summed E-state index contributed by atoms with van der Waals surface area (Å²) in [5.41, 5.74) is 0.839. The molecule has 7 heteroatoms. The van der Waals surface area contributed by atoms with Crippen LogP contribution in [-0.4, -0.2) is 36.2 Å². The van der Waals surface area contributed by atoms with Gasteiger partial charge in [-0.05, 0) is 29.8 Å². The third kappa shape index (κ3) is 3.73. The van der Waals surface area contributed by atoms with E-state index >= 15 is 0 Å². The predicted octanol–water partition coefficient (Wildman–Crippen LogP) is 3.66. The minimum Gasteiger partial charge on any atom is -0.505 e. The van der Waals surface area contributed by atoms with E-state index in [0.717, 1.165) is 41.0 Å². The zero-order valence-corrected chi connectivity index (χ0v) is 14.1. The molecule has 1 saturated heterocycles. The lowest BCUT2D eigenvalue weighted by atomic mass is 10.0. The van der Waals surface area contributed by atoms with E-state index in [4.69, 9.17) is 11.6 Å². The van der Waals surface area contributed by atoms with Crippen LogP contribution in [0.25, 0.3) is 0 Å². The Labute approximate surface area is 144 Å². The molecule has 1 aromatic carbocycles. The number of hydrogen-bond acceptors (Lipinski definition) is 4. The van der Waals surface area contributed by atoms with Crippen LogP contribution in [0.1, 0.15) is 16.5 Å². The molecule has 22 heavy (non-hydrogen) atoms. The maximum Gasteiger partial charge on any atom is 0.165 e. The van der Waals surface area contributed by atoms with E-state index < -0.39 is 5.82 Å². The summed E-state index contributed by atoms with van der Waals surface area (Å²) in [6.45, 7) is 3.61. The minimum absolute atomic E-state index is 0. The van der Waals surface area contributed by atoms with Crippen LogP contribution in [-0.2, 0) is 0 Å². The molecular formula is C15H17Cl2FN2OS. The first-order chi connectivity index (χ1) is 10.1. The third-order valence-electron chi connectivity index (χ3n) is 3.67. The lowest BCUT2D eigenvalue weighted by Crippen LogP contribution is -2.45. The molecule has 3 nitrogen and oxygen atoms in total. The van der Waals surface area contributed by atoms with Gasteiger partial charge in [0.05, 0.1) is 10.4 Å². The fourth-order valence-electron chi connectivity index (χ4n) is 2.66. The lowest BCUT2D eigenvalue weighted by molar-refractivity contribution is 0.200. The summed E-state index contributed by atoms with van der Waals surface area (Å²) in [6, 6.07) is 8.43. The standard InChI is InChI=1S/C15H16ClFN2OS.ClH/c16-14-4-3-13(21-14)15(19-7-5-18-6-8-19)10-1-2-12(20)11(17)9-10;/h1-4,9,15,18,20H,5-8H2;1H/t15-;/m1./s1. The fourth-order valence-corrected chi connectivity index (χ4v) is 3.89. The molecule has 0 bridgehead atoms. The van der Waals surface area contributed by atoms with Crippen molar-refractivity contribution in [3.63, 3.8) is 0 Å². The fraction of sp³-hybridized carbons (Fsp3) is 0.333. The first-order valence-corrected chi connectivity index (χ1v) is 8.03. The maximum atomic E-state index is 13.7. The molecule has 1 aliphatic heterocycles. The van der Waals surface area contributed by atoms with Crippen LogP contribution in [0.2, 0.25) is 4.34 Å². The van der Waals surface area contributed by atoms with Gasteiger partial charge < -0.3 is 10.4 Å². The Balaban J connectivity index is 0.00000176. The van der Waals surface area contributed by atoms with Gasteiger partial charge in [-0.15, -0.1) is 23.7 Å². The molecular weight excluding hydrogens is 346 g/mol. The third-order valence-corrected chi connectivity index (χ3v) is 4.95. The quantitative estimate of drug-likeness (QED) is 0.874. The molecule has 0 amide bonds. The summed E-state index contributed by atoms with van der Waals surface area (Å²) in [5, 5.41) is 12.7. The van der Waals surface area contributed by atoms with Crippen LogP contribution in [0.3, 0.4) is 0 Å². The van der Waals surface area contributed by atoms with E-state index in [1.807, 2.05) is 12.1 Å². The summed E-state index contributed by atoms with van der Waals surface area (Å²) in [7, 11) is 0. The van der Waals surface area contributed by atoms with Crippen LogP contribution < -0.4 is 5.32 Å². The van der Waals surface area contributed by atoms with Gasteiger partial charge in [0.2, 0.25) is 0 Å². The van der Waals surface area contributed by atoms with Crippen molar-refractivity contribution < 1.29 is 9.50 Å². The molecule has 0 radical (unpaired) electrons. The average Bonchev–Trinajstić information content (AvgIpc) is 2.90. The van der Waals surface area contributed by atoms with Gasteiger partial charge in [0.1, 0.15) is 0 Å². The molecule has 1 fully saturated rings. The number of piperazine rings is 1. The van der Waals surface area contributed by atoms with Gasteiger partial charge in [-0.2, -0.15) is 0 Å². The summed E-state index contributed by atoms with van der Waals surface area (Å²) in [4.78, 5) is 3.40. The topological polar surface area (TPSA) is 35.5 Å². The van der Waals surface area contributed by atoms with Gasteiger partial charge in [-0.25, -0.2) is 4.39 Å². The average molecular weight is 363 g/mol. The van der Waals surface area contributed by atoms with Gasteiger partial charge in [0.15, 0.2) is 11.6 Å². The highest BCUT2D eigenvalue weighted by atomic mass is 35.5. The monoisotopic (exact) mass is 362 g/mol. The molecule has 1 aromatic heterocycles. The first-order valence-electron chi connectivity index (χ1n) is 6.83. The van der Waals surface area contributed by atoms with Gasteiger partial charge in [0.25, 0.3) is 0 Å². The molecule has 0 aliphatic carbocycles. The highest BCUT2D eigenvalue weighted by molar-refractivity contribution is 7.16. The Morgan fingerprint density at radius 2 is 1.95 bits per heavy atom. The summed E-state index contributed by atoms with van der Waals surface area (Å²) in [6.07, 6.45) is 0. The van der Waals surface area contributed by atoms with Crippen molar-refractivity contribution in [2.45, 2.75) is 6.04 Å². The number of hydrogen-bond donors (Lipinski definition) is 2. The number of nitrogens with zero attached hydrogens (tertiary/aromatic N) is 1. The molecule has 2 N–H and O–H groups in total. The Bertz CT molecular complexity index is 632. The van der Waals surface area contributed by atoms with Gasteiger partial charge in [-0.1, -0.05) is 17.7 Å². The lowest BCUT2D eigenvalue weighted by Gasteiger charge is -2.34. The Hall–Kier alpha value is -0.850. The van der Waals surface area contributed by atoms with E-state index in [0.29, 0.717) is 0 Å². The predicted molar refractivity (Wildman–Crippen MR) is 90.9 cm³/mol. The van der Waals surface area contributed by atoms with Crippen molar-refractivity contribution in [1.82, 2.24) is 10.2 Å². The van der Waals surface area contributed by atoms with Crippen LogP contribution in [0.4, 0.5) is 4.39 Å². The maximum absolute atomic E-state index is 13.7. The Kier molecular flexibility index (Phi) is 6.06. The van der Waals surface area contributed by atoms with Crippen molar-refractivity contribution in [3.05, 3.63) is 50.9 Å². The first kappa shape index (κ1) is 17.5. The Morgan fingerprint density at radius 1 is 1.23 bits per heavy atom. The van der Waals surface area contributed by atoms with E-state index in [-0.39, 0.29) is 24.2 Å². The highest BCUT2D eigenvalue weighted by Crippen LogP contribution is 2.36. The Morgan fingerprint density at radius 3 is 2.55 bits per heavy atom. The number of rotatable bonds is 3. The molecule has 0 unspecified atom stereocenters. The normalized spacial score (nSPS) is 17.0. The number of thiophene rings is 1. The molecule has 1 atom stereocenters. The number of halogens is 3. The molecule has 2 heterocycles. The number of aromatic hydroxyl groups is 1. The van der Waals surface area contributed by atoms with Crippen molar-refractivity contribution in [3.8, 4) is 5.75 Å². The summed E-state index contributed by atoms with van der Waals surface area (Å²) >= 11 is 7.57. The van der Waals surface area contributed by atoms with E-state index in [1.54, 1.807) is 6.07 Å². The molecule has 0 spiro atoms. The number of phenolic OH excluding ortho intramolecular Hbond substituents is 1. The molecule has 1 aliphatic rings. The van der Waals surface area contributed by atoms with Crippen LogP contribution >= 0.6 is 35.3 Å².